The van der Waals surface area contributed by atoms with Gasteiger partial charge >= 0.3 is 0 Å². The average Bonchev–Trinajstić information content (AvgIpc) is 2.39. The van der Waals surface area contributed by atoms with E-state index in [2.05, 4.69) is 5.10 Å². The van der Waals surface area contributed by atoms with Gasteiger partial charge in [-0.15, -0.1) is 0 Å². The van der Waals surface area contributed by atoms with Crippen molar-refractivity contribution >= 4 is 11.6 Å². The molecule has 20 heavy (non-hydrogen) atoms. The van der Waals surface area contributed by atoms with E-state index < -0.39 is 11.4 Å². The summed E-state index contributed by atoms with van der Waals surface area (Å²) in [5.41, 5.74) is 1.32. The number of nitrogens with zero attached hydrogens (tertiary/aromatic N) is 3. The molecule has 0 atom stereocenters. The Kier molecular flexibility index (Phi) is 3.86. The maximum absolute atomic E-state index is 13.0. The number of aromatic nitrogens is 2. The van der Waals surface area contributed by atoms with E-state index in [0.29, 0.717) is 16.8 Å². The molecule has 102 valence electrons. The molecule has 0 saturated heterocycles. The number of aryl methyl sites for hydroxylation is 1. The summed E-state index contributed by atoms with van der Waals surface area (Å²) >= 11 is 5.93. The second kappa shape index (κ2) is 5.43. The van der Waals surface area contributed by atoms with Crippen molar-refractivity contribution in [2.24, 2.45) is 0 Å². The molecule has 0 saturated carbocycles. The summed E-state index contributed by atoms with van der Waals surface area (Å²) in [6.07, 6.45) is 0. The molecule has 0 N–H and O–H groups in total. The second-order valence-electron chi connectivity index (χ2n) is 4.40. The molecule has 4 nitrogen and oxygen atoms in total. The molecule has 0 fully saturated rings. The molecule has 1 heterocycles. The Balaban J connectivity index is 2.53. The standard InChI is InChI=1S/C14H11ClFN3O/c1-8-9(2)18-19(14(20)12(8)6-17)7-10-3-4-11(16)5-13(10)15/h3-5H,7H2,1-2H3. The highest BCUT2D eigenvalue weighted by atomic mass is 35.5. The van der Waals surface area contributed by atoms with Gasteiger partial charge in [0, 0.05) is 5.02 Å². The molecule has 0 amide bonds. The van der Waals surface area contributed by atoms with Gasteiger partial charge in [0.05, 0.1) is 12.2 Å². The van der Waals surface area contributed by atoms with Gasteiger partial charge in [-0.2, -0.15) is 10.4 Å². The summed E-state index contributed by atoms with van der Waals surface area (Å²) < 4.78 is 14.2. The van der Waals surface area contributed by atoms with Crippen molar-refractivity contribution in [3.63, 3.8) is 0 Å². The first kappa shape index (κ1) is 14.2. The molecule has 0 unspecified atom stereocenters. The third-order valence-electron chi connectivity index (χ3n) is 3.08. The van der Waals surface area contributed by atoms with E-state index in [1.165, 1.54) is 22.9 Å². The largest absolute Gasteiger partial charge is 0.285 e. The second-order valence-corrected chi connectivity index (χ2v) is 4.80. The van der Waals surface area contributed by atoms with Crippen LogP contribution in [0.15, 0.2) is 23.0 Å². The SMILES string of the molecule is Cc1nn(Cc2ccc(F)cc2Cl)c(=O)c(C#N)c1C. The third-order valence-corrected chi connectivity index (χ3v) is 3.44. The molecule has 1 aromatic carbocycles. The first-order valence-electron chi connectivity index (χ1n) is 5.86. The predicted molar refractivity (Wildman–Crippen MR) is 73.2 cm³/mol. The Morgan fingerprint density at radius 3 is 2.75 bits per heavy atom. The van der Waals surface area contributed by atoms with Crippen molar-refractivity contribution in [3.05, 3.63) is 61.8 Å². The van der Waals surface area contributed by atoms with Crippen LogP contribution in [0.1, 0.15) is 22.4 Å². The van der Waals surface area contributed by atoms with Crippen LogP contribution in [0.3, 0.4) is 0 Å². The van der Waals surface area contributed by atoms with Crippen molar-refractivity contribution in [3.8, 4) is 6.07 Å². The van der Waals surface area contributed by atoms with Crippen LogP contribution in [-0.4, -0.2) is 9.78 Å². The van der Waals surface area contributed by atoms with Crippen molar-refractivity contribution in [1.29, 1.82) is 5.26 Å². The van der Waals surface area contributed by atoms with E-state index in [0.717, 1.165) is 0 Å². The highest BCUT2D eigenvalue weighted by Gasteiger charge is 2.12. The fraction of sp³-hybridized carbons (Fsp3) is 0.214. The number of benzene rings is 1. The van der Waals surface area contributed by atoms with E-state index in [-0.39, 0.29) is 17.1 Å². The highest BCUT2D eigenvalue weighted by molar-refractivity contribution is 6.31. The summed E-state index contributed by atoms with van der Waals surface area (Å²) in [6.45, 7) is 3.49. The van der Waals surface area contributed by atoms with Crippen molar-refractivity contribution < 1.29 is 4.39 Å². The molecular weight excluding hydrogens is 281 g/mol. The number of nitriles is 1. The Hall–Kier alpha value is -2.19. The topological polar surface area (TPSA) is 58.7 Å². The lowest BCUT2D eigenvalue weighted by Gasteiger charge is -2.10. The smallest absolute Gasteiger partial charge is 0.266 e. The number of hydrogen-bond donors (Lipinski definition) is 0. The van der Waals surface area contributed by atoms with Crippen molar-refractivity contribution in [1.82, 2.24) is 9.78 Å². The summed E-state index contributed by atoms with van der Waals surface area (Å²) in [4.78, 5) is 12.1. The normalized spacial score (nSPS) is 10.3. The van der Waals surface area contributed by atoms with Crippen LogP contribution >= 0.6 is 11.6 Å². The minimum absolute atomic E-state index is 0.0655. The van der Waals surface area contributed by atoms with E-state index in [1.807, 2.05) is 6.07 Å². The quantitative estimate of drug-likeness (QED) is 0.854. The Bertz CT molecular complexity index is 777. The van der Waals surface area contributed by atoms with E-state index in [1.54, 1.807) is 13.8 Å². The average molecular weight is 292 g/mol. The van der Waals surface area contributed by atoms with Gasteiger partial charge < -0.3 is 0 Å². The van der Waals surface area contributed by atoms with Crippen LogP contribution < -0.4 is 5.56 Å². The molecule has 2 rings (SSSR count). The molecule has 0 aliphatic rings. The van der Waals surface area contributed by atoms with Crippen LogP contribution in [0.2, 0.25) is 5.02 Å². The molecule has 0 radical (unpaired) electrons. The zero-order chi connectivity index (χ0) is 14.9. The van der Waals surface area contributed by atoms with Crippen LogP contribution in [-0.2, 0) is 6.54 Å². The van der Waals surface area contributed by atoms with Crippen LogP contribution in [0, 0.1) is 31.0 Å². The lowest BCUT2D eigenvalue weighted by molar-refractivity contribution is 0.612. The monoisotopic (exact) mass is 291 g/mol. The van der Waals surface area contributed by atoms with E-state index in [4.69, 9.17) is 16.9 Å². The first-order valence-corrected chi connectivity index (χ1v) is 6.24. The summed E-state index contributed by atoms with van der Waals surface area (Å²) in [7, 11) is 0. The molecule has 0 bridgehead atoms. The molecule has 6 heteroatoms. The maximum atomic E-state index is 13.0. The minimum Gasteiger partial charge on any atom is -0.266 e. The Morgan fingerprint density at radius 1 is 1.45 bits per heavy atom. The van der Waals surface area contributed by atoms with Crippen LogP contribution in [0.4, 0.5) is 4.39 Å². The Labute approximate surface area is 120 Å². The lowest BCUT2D eigenvalue weighted by Crippen LogP contribution is -2.28. The van der Waals surface area contributed by atoms with Gasteiger partial charge in [-0.25, -0.2) is 9.07 Å². The van der Waals surface area contributed by atoms with Gasteiger partial charge in [-0.3, -0.25) is 4.79 Å². The number of rotatable bonds is 2. The van der Waals surface area contributed by atoms with Crippen molar-refractivity contribution in [2.45, 2.75) is 20.4 Å². The summed E-state index contributed by atoms with van der Waals surface area (Å²) in [6, 6.07) is 5.82. The predicted octanol–water partition coefficient (Wildman–Crippen LogP) is 2.57. The van der Waals surface area contributed by atoms with Crippen molar-refractivity contribution in [2.75, 3.05) is 0 Å². The number of hydrogen-bond acceptors (Lipinski definition) is 3. The van der Waals surface area contributed by atoms with Gasteiger partial charge in [-0.1, -0.05) is 17.7 Å². The highest BCUT2D eigenvalue weighted by Crippen LogP contribution is 2.18. The third kappa shape index (κ3) is 2.56. The molecule has 2 aromatic rings. The molecule has 0 aliphatic carbocycles. The fourth-order valence-corrected chi connectivity index (χ4v) is 2.05. The maximum Gasteiger partial charge on any atom is 0.285 e. The minimum atomic E-state index is -0.476. The fourth-order valence-electron chi connectivity index (χ4n) is 1.82. The van der Waals surface area contributed by atoms with Gasteiger partial charge in [0.1, 0.15) is 17.4 Å². The summed E-state index contributed by atoms with van der Waals surface area (Å²) in [5, 5.41) is 13.4. The van der Waals surface area contributed by atoms with E-state index in [9.17, 15) is 9.18 Å². The van der Waals surface area contributed by atoms with E-state index >= 15 is 0 Å². The molecule has 0 aliphatic heterocycles. The van der Waals surface area contributed by atoms with Gasteiger partial charge in [0.2, 0.25) is 0 Å². The molecule has 1 aromatic heterocycles. The Morgan fingerprint density at radius 2 is 2.15 bits per heavy atom. The first-order chi connectivity index (χ1) is 9.43. The lowest BCUT2D eigenvalue weighted by atomic mass is 10.1. The van der Waals surface area contributed by atoms with Gasteiger partial charge in [0.25, 0.3) is 5.56 Å². The number of halogens is 2. The van der Waals surface area contributed by atoms with Crippen LogP contribution in [0.25, 0.3) is 0 Å². The zero-order valence-corrected chi connectivity index (χ0v) is 11.7. The summed E-state index contributed by atoms with van der Waals surface area (Å²) in [5.74, 6) is -0.447. The zero-order valence-electron chi connectivity index (χ0n) is 10.9. The van der Waals surface area contributed by atoms with Gasteiger partial charge in [0.15, 0.2) is 0 Å². The van der Waals surface area contributed by atoms with Crippen LogP contribution in [0.5, 0.6) is 0 Å². The molecule has 0 spiro atoms. The molecular formula is C14H11ClFN3O. The van der Waals surface area contributed by atoms with Gasteiger partial charge in [-0.05, 0) is 37.1 Å².